The molecule has 1 aliphatic heterocycles. The number of aromatic hydroxyl groups is 1. The lowest BCUT2D eigenvalue weighted by Gasteiger charge is -2.50. The largest absolute Gasteiger partial charge is 0.508 e. The minimum Gasteiger partial charge on any atom is -0.508 e. The van der Waals surface area contributed by atoms with Crippen molar-refractivity contribution in [3.63, 3.8) is 0 Å². The third-order valence-electron chi connectivity index (χ3n) is 6.75. The highest BCUT2D eigenvalue weighted by Gasteiger charge is 2.45. The van der Waals surface area contributed by atoms with Gasteiger partial charge in [-0.1, -0.05) is 45.4 Å². The lowest BCUT2D eigenvalue weighted by Crippen LogP contribution is -2.59. The molecule has 0 radical (unpaired) electrons. The van der Waals surface area contributed by atoms with Gasteiger partial charge in [-0.15, -0.1) is 0 Å². The molecule has 1 fully saturated rings. The van der Waals surface area contributed by atoms with Crippen LogP contribution in [-0.4, -0.2) is 35.7 Å². The van der Waals surface area contributed by atoms with Crippen molar-refractivity contribution in [3.05, 3.63) is 59.2 Å². The SMILES string of the molecule is CCCc1ccc(NC2C(C)N(C)CC[C@]2(C)c2cc(O)ccc2CC)cc1. The Labute approximate surface area is 170 Å². The van der Waals surface area contributed by atoms with Crippen LogP contribution >= 0.6 is 0 Å². The number of aryl methyl sites for hydroxylation is 2. The fourth-order valence-corrected chi connectivity index (χ4v) is 4.78. The molecule has 28 heavy (non-hydrogen) atoms. The molecule has 152 valence electrons. The van der Waals surface area contributed by atoms with E-state index in [9.17, 15) is 5.11 Å². The number of piperidine rings is 1. The fraction of sp³-hybridized carbons (Fsp3) is 0.520. The van der Waals surface area contributed by atoms with Crippen molar-refractivity contribution in [1.82, 2.24) is 4.90 Å². The van der Waals surface area contributed by atoms with Crippen molar-refractivity contribution in [3.8, 4) is 5.75 Å². The molecule has 1 aliphatic rings. The van der Waals surface area contributed by atoms with E-state index >= 15 is 0 Å². The Morgan fingerprint density at radius 2 is 1.86 bits per heavy atom. The summed E-state index contributed by atoms with van der Waals surface area (Å²) in [6, 6.07) is 15.5. The molecule has 3 atom stereocenters. The quantitative estimate of drug-likeness (QED) is 0.707. The molecular formula is C25H36N2O. The van der Waals surface area contributed by atoms with Crippen molar-refractivity contribution in [1.29, 1.82) is 0 Å². The van der Waals surface area contributed by atoms with E-state index in [4.69, 9.17) is 0 Å². The molecule has 0 aliphatic carbocycles. The maximum Gasteiger partial charge on any atom is 0.115 e. The van der Waals surface area contributed by atoms with Gasteiger partial charge in [-0.2, -0.15) is 0 Å². The summed E-state index contributed by atoms with van der Waals surface area (Å²) in [4.78, 5) is 2.44. The molecule has 0 spiro atoms. The maximum atomic E-state index is 10.2. The van der Waals surface area contributed by atoms with E-state index in [2.05, 4.69) is 75.3 Å². The zero-order chi connectivity index (χ0) is 20.3. The van der Waals surface area contributed by atoms with Crippen molar-refractivity contribution in [2.45, 2.75) is 70.9 Å². The van der Waals surface area contributed by atoms with E-state index in [1.165, 1.54) is 28.8 Å². The lowest BCUT2D eigenvalue weighted by atomic mass is 9.66. The normalized spacial score (nSPS) is 25.6. The molecule has 3 nitrogen and oxygen atoms in total. The Morgan fingerprint density at radius 3 is 2.50 bits per heavy atom. The van der Waals surface area contributed by atoms with Gasteiger partial charge in [0.2, 0.25) is 0 Å². The van der Waals surface area contributed by atoms with Gasteiger partial charge in [0.25, 0.3) is 0 Å². The summed E-state index contributed by atoms with van der Waals surface area (Å²) in [5, 5.41) is 14.1. The van der Waals surface area contributed by atoms with E-state index in [0.717, 1.165) is 25.8 Å². The number of rotatable bonds is 6. The number of nitrogens with one attached hydrogen (secondary N) is 1. The number of anilines is 1. The highest BCUT2D eigenvalue weighted by atomic mass is 16.3. The molecule has 0 amide bonds. The topological polar surface area (TPSA) is 35.5 Å². The second kappa shape index (κ2) is 8.57. The van der Waals surface area contributed by atoms with Crippen molar-refractivity contribution < 1.29 is 5.11 Å². The number of hydrogen-bond donors (Lipinski definition) is 2. The number of phenols is 1. The van der Waals surface area contributed by atoms with Crippen molar-refractivity contribution in [2.75, 3.05) is 18.9 Å². The number of phenolic OH excluding ortho intramolecular Hbond substituents is 1. The number of hydrogen-bond acceptors (Lipinski definition) is 3. The Balaban J connectivity index is 1.97. The summed E-state index contributed by atoms with van der Waals surface area (Å²) in [6.07, 6.45) is 4.35. The van der Waals surface area contributed by atoms with Gasteiger partial charge in [0.05, 0.1) is 6.04 Å². The van der Waals surface area contributed by atoms with Crippen LogP contribution in [0, 0.1) is 0 Å². The van der Waals surface area contributed by atoms with Gasteiger partial charge in [-0.3, -0.25) is 0 Å². The van der Waals surface area contributed by atoms with Crippen LogP contribution in [0.25, 0.3) is 0 Å². The highest BCUT2D eigenvalue weighted by molar-refractivity contribution is 5.50. The van der Waals surface area contributed by atoms with Gasteiger partial charge >= 0.3 is 0 Å². The Bertz CT molecular complexity index is 786. The summed E-state index contributed by atoms with van der Waals surface area (Å²) in [6.45, 7) is 10.2. The number of likely N-dealkylation sites (N-methyl/N-ethyl adjacent to an activating group) is 1. The smallest absolute Gasteiger partial charge is 0.115 e. The van der Waals surface area contributed by atoms with Crippen LogP contribution < -0.4 is 5.32 Å². The van der Waals surface area contributed by atoms with Gasteiger partial charge in [-0.25, -0.2) is 0 Å². The predicted octanol–water partition coefficient (Wildman–Crippen LogP) is 5.37. The van der Waals surface area contributed by atoms with E-state index in [1.54, 1.807) is 0 Å². The minimum absolute atomic E-state index is 0.0436. The first-order chi connectivity index (χ1) is 13.4. The number of benzene rings is 2. The zero-order valence-corrected chi connectivity index (χ0v) is 18.1. The highest BCUT2D eigenvalue weighted by Crippen LogP contribution is 2.42. The minimum atomic E-state index is -0.0436. The maximum absolute atomic E-state index is 10.2. The summed E-state index contributed by atoms with van der Waals surface area (Å²) >= 11 is 0. The van der Waals surface area contributed by atoms with Gasteiger partial charge in [0.15, 0.2) is 0 Å². The van der Waals surface area contributed by atoms with Crippen molar-refractivity contribution >= 4 is 5.69 Å². The molecule has 2 unspecified atom stereocenters. The molecule has 2 aromatic carbocycles. The second-order valence-electron chi connectivity index (χ2n) is 8.65. The molecule has 2 aromatic rings. The van der Waals surface area contributed by atoms with E-state index in [-0.39, 0.29) is 11.5 Å². The average Bonchev–Trinajstić information content (AvgIpc) is 2.70. The predicted molar refractivity (Wildman–Crippen MR) is 119 cm³/mol. The van der Waals surface area contributed by atoms with E-state index in [1.807, 2.05) is 12.1 Å². The fourth-order valence-electron chi connectivity index (χ4n) is 4.78. The third kappa shape index (κ3) is 4.05. The second-order valence-corrected chi connectivity index (χ2v) is 8.65. The van der Waals surface area contributed by atoms with Gasteiger partial charge < -0.3 is 15.3 Å². The lowest BCUT2D eigenvalue weighted by molar-refractivity contribution is 0.120. The Morgan fingerprint density at radius 1 is 1.14 bits per heavy atom. The summed E-state index contributed by atoms with van der Waals surface area (Å²) in [7, 11) is 2.21. The monoisotopic (exact) mass is 380 g/mol. The molecule has 0 saturated carbocycles. The third-order valence-corrected chi connectivity index (χ3v) is 6.75. The first kappa shape index (κ1) is 20.7. The molecule has 3 rings (SSSR count). The number of likely N-dealkylation sites (tertiary alicyclic amines) is 1. The van der Waals surface area contributed by atoms with Crippen LogP contribution in [0.3, 0.4) is 0 Å². The number of nitrogens with zero attached hydrogens (tertiary/aromatic N) is 1. The summed E-state index contributed by atoms with van der Waals surface area (Å²) in [5.74, 6) is 0.364. The molecule has 3 heteroatoms. The molecule has 1 heterocycles. The van der Waals surface area contributed by atoms with Crippen LogP contribution in [0.2, 0.25) is 0 Å². The first-order valence-electron chi connectivity index (χ1n) is 10.8. The molecule has 2 N–H and O–H groups in total. The van der Waals surface area contributed by atoms with E-state index in [0.29, 0.717) is 11.8 Å². The molecule has 0 aromatic heterocycles. The van der Waals surface area contributed by atoms with Crippen LogP contribution in [0.1, 0.15) is 57.2 Å². The van der Waals surface area contributed by atoms with Crippen LogP contribution in [0.4, 0.5) is 5.69 Å². The first-order valence-corrected chi connectivity index (χ1v) is 10.8. The van der Waals surface area contributed by atoms with Crippen molar-refractivity contribution in [2.24, 2.45) is 0 Å². The Hall–Kier alpha value is -2.00. The van der Waals surface area contributed by atoms with Crippen LogP contribution in [0.15, 0.2) is 42.5 Å². The van der Waals surface area contributed by atoms with E-state index < -0.39 is 0 Å². The standard InChI is InChI=1S/C25H36N2O/c1-6-8-19-9-12-21(13-10-19)26-24-18(3)27(5)16-15-25(24,4)23-17-22(28)14-11-20(23)7-2/h9-14,17-18,24,26,28H,6-8,15-16H2,1-5H3/t18?,24?,25-/m1/s1. The van der Waals surface area contributed by atoms with Gasteiger partial charge in [0, 0.05) is 17.1 Å². The molecular weight excluding hydrogens is 344 g/mol. The average molecular weight is 381 g/mol. The summed E-state index contributed by atoms with van der Waals surface area (Å²) < 4.78 is 0. The Kier molecular flexibility index (Phi) is 6.34. The zero-order valence-electron chi connectivity index (χ0n) is 18.1. The molecule has 1 saturated heterocycles. The van der Waals surface area contributed by atoms with Gasteiger partial charge in [-0.05, 0) is 80.7 Å². The van der Waals surface area contributed by atoms with Crippen LogP contribution in [0.5, 0.6) is 5.75 Å². The van der Waals surface area contributed by atoms with Crippen LogP contribution in [-0.2, 0) is 18.3 Å². The van der Waals surface area contributed by atoms with Gasteiger partial charge in [0.1, 0.15) is 5.75 Å². The summed E-state index contributed by atoms with van der Waals surface area (Å²) in [5.41, 5.74) is 5.15. The molecule has 0 bridgehead atoms.